The Balaban J connectivity index is 1.32. The van der Waals surface area contributed by atoms with E-state index in [1.165, 1.54) is 36.7 Å². The lowest BCUT2D eigenvalue weighted by molar-refractivity contribution is -0.114. The third-order valence-electron chi connectivity index (χ3n) is 8.49. The SMILES string of the molecule is C=CC(=O)Cc1cc(-c2nc(Nc3cccc(N4CCCCC4)c3)ncc2Cc2ccc(N3CCOCC3)cc2)ccc1C#N. The maximum atomic E-state index is 12.3. The molecule has 3 aromatic carbocycles. The van der Waals surface area contributed by atoms with E-state index in [-0.39, 0.29) is 12.2 Å². The fourth-order valence-corrected chi connectivity index (χ4v) is 6.03. The molecule has 0 spiro atoms. The Labute approximate surface area is 265 Å². The van der Waals surface area contributed by atoms with Crippen LogP contribution in [0.2, 0.25) is 0 Å². The van der Waals surface area contributed by atoms with Gasteiger partial charge in [0.2, 0.25) is 5.95 Å². The standard InChI is InChI=1S/C37H38N6O2/c1-2-35(44)23-30-22-28(11-12-29(30)25-38)36-31(21-27-9-13-33(14-10-27)43-17-19-45-20-18-43)26-39-37(41-36)40-32-7-6-8-34(24-32)42-15-4-3-5-16-42/h2,6-14,22,24,26H,1,3-5,15-21,23H2,(H,39,40,41). The summed E-state index contributed by atoms with van der Waals surface area (Å²) in [5.74, 6) is 0.350. The monoisotopic (exact) mass is 598 g/mol. The van der Waals surface area contributed by atoms with Crippen LogP contribution >= 0.6 is 0 Å². The first-order chi connectivity index (χ1) is 22.1. The van der Waals surface area contributed by atoms with Crippen LogP contribution in [0.3, 0.4) is 0 Å². The van der Waals surface area contributed by atoms with Gasteiger partial charge in [-0.05, 0) is 78.9 Å². The van der Waals surface area contributed by atoms with Gasteiger partial charge in [-0.15, -0.1) is 0 Å². The summed E-state index contributed by atoms with van der Waals surface area (Å²) in [5, 5.41) is 13.1. The minimum atomic E-state index is -0.136. The molecule has 2 saturated heterocycles. The van der Waals surface area contributed by atoms with Crippen LogP contribution in [0.25, 0.3) is 11.3 Å². The summed E-state index contributed by atoms with van der Waals surface area (Å²) in [7, 11) is 0. The Morgan fingerprint density at radius 1 is 0.933 bits per heavy atom. The van der Waals surface area contributed by atoms with E-state index >= 15 is 0 Å². The summed E-state index contributed by atoms with van der Waals surface area (Å²) in [6, 6.07) is 24.8. The molecule has 0 saturated carbocycles. The average molecular weight is 599 g/mol. The first-order valence-corrected chi connectivity index (χ1v) is 15.7. The number of rotatable bonds is 10. The third kappa shape index (κ3) is 7.39. The number of piperidine rings is 1. The van der Waals surface area contributed by atoms with Crippen LogP contribution in [0.4, 0.5) is 23.0 Å². The summed E-state index contributed by atoms with van der Waals surface area (Å²) < 4.78 is 5.51. The van der Waals surface area contributed by atoms with Crippen molar-refractivity contribution in [2.45, 2.75) is 32.1 Å². The second-order valence-electron chi connectivity index (χ2n) is 11.6. The molecule has 1 aromatic heterocycles. The van der Waals surface area contributed by atoms with Gasteiger partial charge in [0.1, 0.15) is 0 Å². The summed E-state index contributed by atoms with van der Waals surface area (Å²) in [4.78, 5) is 26.8. The summed E-state index contributed by atoms with van der Waals surface area (Å²) in [5.41, 5.74) is 8.11. The molecule has 1 N–H and O–H groups in total. The number of nitriles is 1. The molecule has 0 radical (unpaired) electrons. The number of nitrogens with zero attached hydrogens (tertiary/aromatic N) is 5. The smallest absolute Gasteiger partial charge is 0.227 e. The summed E-state index contributed by atoms with van der Waals surface area (Å²) in [6.07, 6.45) is 7.63. The van der Waals surface area contributed by atoms with Crippen LogP contribution in [-0.4, -0.2) is 55.1 Å². The van der Waals surface area contributed by atoms with E-state index < -0.39 is 0 Å². The van der Waals surface area contributed by atoms with E-state index in [2.05, 4.69) is 70.2 Å². The van der Waals surface area contributed by atoms with E-state index in [1.54, 1.807) is 6.07 Å². The number of morpholine rings is 1. The Morgan fingerprint density at radius 2 is 1.71 bits per heavy atom. The van der Waals surface area contributed by atoms with Crippen molar-refractivity contribution in [3.8, 4) is 17.3 Å². The van der Waals surface area contributed by atoms with Crippen LogP contribution in [0.15, 0.2) is 85.6 Å². The molecular weight excluding hydrogens is 560 g/mol. The van der Waals surface area contributed by atoms with Crippen LogP contribution in [0, 0.1) is 11.3 Å². The van der Waals surface area contributed by atoms with Gasteiger partial charge in [0, 0.05) is 73.4 Å². The zero-order chi connectivity index (χ0) is 31.0. The third-order valence-corrected chi connectivity index (χ3v) is 8.49. The number of ketones is 1. The van der Waals surface area contributed by atoms with E-state index in [9.17, 15) is 10.1 Å². The van der Waals surface area contributed by atoms with Crippen molar-refractivity contribution in [2.24, 2.45) is 0 Å². The highest BCUT2D eigenvalue weighted by Crippen LogP contribution is 2.30. The van der Waals surface area contributed by atoms with Gasteiger partial charge in [-0.3, -0.25) is 4.79 Å². The molecule has 4 aromatic rings. The Bertz CT molecular complexity index is 1700. The van der Waals surface area contributed by atoms with Gasteiger partial charge in [0.15, 0.2) is 5.78 Å². The Morgan fingerprint density at radius 3 is 2.47 bits per heavy atom. The molecule has 2 aliphatic rings. The Kier molecular flexibility index (Phi) is 9.47. The van der Waals surface area contributed by atoms with E-state index in [0.29, 0.717) is 23.5 Å². The van der Waals surface area contributed by atoms with Crippen molar-refractivity contribution in [3.63, 3.8) is 0 Å². The predicted octanol–water partition coefficient (Wildman–Crippen LogP) is 6.47. The largest absolute Gasteiger partial charge is 0.378 e. The molecule has 2 fully saturated rings. The highest BCUT2D eigenvalue weighted by Gasteiger charge is 2.17. The van der Waals surface area contributed by atoms with Crippen molar-refractivity contribution < 1.29 is 9.53 Å². The van der Waals surface area contributed by atoms with E-state index in [4.69, 9.17) is 14.7 Å². The van der Waals surface area contributed by atoms with Gasteiger partial charge in [-0.2, -0.15) is 5.26 Å². The minimum Gasteiger partial charge on any atom is -0.378 e. The lowest BCUT2D eigenvalue weighted by Crippen LogP contribution is -2.36. The summed E-state index contributed by atoms with van der Waals surface area (Å²) in [6.45, 7) is 9.02. The van der Waals surface area contributed by atoms with Gasteiger partial charge >= 0.3 is 0 Å². The minimum absolute atomic E-state index is 0.109. The van der Waals surface area contributed by atoms with Crippen LogP contribution < -0.4 is 15.1 Å². The number of anilines is 4. The quantitative estimate of drug-likeness (QED) is 0.208. The van der Waals surface area contributed by atoms with Crippen LogP contribution in [0.5, 0.6) is 0 Å². The number of nitrogens with one attached hydrogen (secondary N) is 1. The lowest BCUT2D eigenvalue weighted by Gasteiger charge is -2.29. The second-order valence-corrected chi connectivity index (χ2v) is 11.6. The molecule has 0 unspecified atom stereocenters. The van der Waals surface area contributed by atoms with E-state index in [0.717, 1.165) is 67.5 Å². The first kappa shape index (κ1) is 30.0. The van der Waals surface area contributed by atoms with Gasteiger partial charge in [-0.25, -0.2) is 9.97 Å². The molecular formula is C37H38N6O2. The van der Waals surface area contributed by atoms with Gasteiger partial charge in [0.25, 0.3) is 0 Å². The molecule has 45 heavy (non-hydrogen) atoms. The topological polar surface area (TPSA) is 94.4 Å². The molecule has 2 aliphatic heterocycles. The molecule has 0 bridgehead atoms. The molecule has 0 aliphatic carbocycles. The number of carbonyl (C=O) groups is 1. The Hall–Kier alpha value is -5.00. The molecule has 8 nitrogen and oxygen atoms in total. The van der Waals surface area contributed by atoms with Gasteiger partial charge in [0.05, 0.1) is 30.5 Å². The number of hydrogen-bond donors (Lipinski definition) is 1. The average Bonchev–Trinajstić information content (AvgIpc) is 3.10. The maximum Gasteiger partial charge on any atom is 0.227 e. The number of hydrogen-bond acceptors (Lipinski definition) is 8. The normalized spacial score (nSPS) is 14.9. The maximum absolute atomic E-state index is 12.3. The van der Waals surface area contributed by atoms with Crippen molar-refractivity contribution in [1.82, 2.24) is 9.97 Å². The number of aromatic nitrogens is 2. The lowest BCUT2D eigenvalue weighted by atomic mass is 9.95. The molecule has 6 rings (SSSR count). The molecule has 0 amide bonds. The van der Waals surface area contributed by atoms with Gasteiger partial charge in [-0.1, -0.05) is 30.8 Å². The highest BCUT2D eigenvalue weighted by molar-refractivity contribution is 5.91. The highest BCUT2D eigenvalue weighted by atomic mass is 16.5. The predicted molar refractivity (Wildman–Crippen MR) is 179 cm³/mol. The number of allylic oxidation sites excluding steroid dienone is 1. The fraction of sp³-hybridized carbons (Fsp3) is 0.297. The number of carbonyl (C=O) groups excluding carboxylic acids is 1. The molecule has 228 valence electrons. The van der Waals surface area contributed by atoms with Gasteiger partial charge < -0.3 is 19.9 Å². The van der Waals surface area contributed by atoms with Crippen molar-refractivity contribution in [1.29, 1.82) is 5.26 Å². The van der Waals surface area contributed by atoms with Crippen molar-refractivity contribution >= 4 is 28.8 Å². The van der Waals surface area contributed by atoms with E-state index in [1.807, 2.05) is 24.4 Å². The second kappa shape index (κ2) is 14.2. The first-order valence-electron chi connectivity index (χ1n) is 15.7. The van der Waals surface area contributed by atoms with Crippen molar-refractivity contribution in [3.05, 3.63) is 108 Å². The molecule has 8 heteroatoms. The molecule has 0 atom stereocenters. The summed E-state index contributed by atoms with van der Waals surface area (Å²) >= 11 is 0. The zero-order valence-electron chi connectivity index (χ0n) is 25.5. The van der Waals surface area contributed by atoms with Crippen LogP contribution in [0.1, 0.15) is 41.5 Å². The van der Waals surface area contributed by atoms with Crippen molar-refractivity contribution in [2.75, 3.05) is 54.5 Å². The molecule has 3 heterocycles. The van der Waals surface area contributed by atoms with Crippen LogP contribution in [-0.2, 0) is 22.4 Å². The number of benzene rings is 3. The zero-order valence-corrected chi connectivity index (χ0v) is 25.5. The number of ether oxygens (including phenoxy) is 1. The fourth-order valence-electron chi connectivity index (χ4n) is 6.03.